The van der Waals surface area contributed by atoms with Gasteiger partial charge in [-0.25, -0.2) is 0 Å². The molecule has 1 saturated carbocycles. The van der Waals surface area contributed by atoms with Crippen LogP contribution in [-0.4, -0.2) is 30.0 Å². The second-order valence-electron chi connectivity index (χ2n) is 3.49. The van der Waals surface area contributed by atoms with Gasteiger partial charge in [0.2, 0.25) is 5.91 Å². The smallest absolute Gasteiger partial charge is 0.233 e. The first kappa shape index (κ1) is 14.1. The van der Waals surface area contributed by atoms with E-state index in [1.165, 1.54) is 12.8 Å². The predicted octanol–water partition coefficient (Wildman–Crippen LogP) is 1.16. The predicted molar refractivity (Wildman–Crippen MR) is 64.0 cm³/mol. The molecule has 1 rings (SSSR count). The van der Waals surface area contributed by atoms with Crippen molar-refractivity contribution in [2.75, 3.05) is 12.8 Å². The number of hydrogen-bond donors (Lipinski definition) is 2. The topological polar surface area (TPSA) is 55.1 Å². The first-order valence-electron chi connectivity index (χ1n) is 4.78. The molecule has 0 aromatic heterocycles. The average Bonchev–Trinajstić information content (AvgIpc) is 2.18. The average molecular weight is 239 g/mol. The molecule has 1 aliphatic rings. The maximum atomic E-state index is 11.0. The Morgan fingerprint density at radius 3 is 2.86 bits per heavy atom. The molecule has 1 amide bonds. The highest BCUT2D eigenvalue weighted by Gasteiger charge is 2.21. The number of thioether (sulfide) groups is 1. The number of nitrogens with one attached hydrogen (secondary N) is 1. The molecular weight excluding hydrogens is 220 g/mol. The Kier molecular flexibility index (Phi) is 7.41. The van der Waals surface area contributed by atoms with Gasteiger partial charge in [0, 0.05) is 11.3 Å². The zero-order valence-electron chi connectivity index (χ0n) is 8.49. The molecule has 84 valence electrons. The van der Waals surface area contributed by atoms with Crippen LogP contribution in [0.1, 0.15) is 25.7 Å². The van der Waals surface area contributed by atoms with Gasteiger partial charge >= 0.3 is 0 Å². The second kappa shape index (κ2) is 7.37. The van der Waals surface area contributed by atoms with Crippen molar-refractivity contribution in [3.63, 3.8) is 0 Å². The van der Waals surface area contributed by atoms with Gasteiger partial charge in [-0.05, 0) is 25.5 Å². The summed E-state index contributed by atoms with van der Waals surface area (Å²) in [4.78, 5) is 11.0. The minimum Gasteiger partial charge on any atom is -0.352 e. The van der Waals surface area contributed by atoms with Crippen molar-refractivity contribution in [2.45, 2.75) is 37.0 Å². The molecule has 0 bridgehead atoms. The quantitative estimate of drug-likeness (QED) is 0.776. The number of amides is 1. The highest BCUT2D eigenvalue weighted by molar-refractivity contribution is 7.99. The summed E-state index contributed by atoms with van der Waals surface area (Å²) in [5.41, 5.74) is 5.24. The third-order valence-electron chi connectivity index (χ3n) is 2.51. The van der Waals surface area contributed by atoms with Crippen molar-refractivity contribution < 1.29 is 4.79 Å². The van der Waals surface area contributed by atoms with Crippen molar-refractivity contribution in [2.24, 2.45) is 5.73 Å². The Hall–Kier alpha value is 0.0700. The van der Waals surface area contributed by atoms with Crippen LogP contribution in [0, 0.1) is 0 Å². The number of rotatable bonds is 3. The number of carbonyl (C=O) groups is 1. The maximum absolute atomic E-state index is 11.0. The fourth-order valence-corrected chi connectivity index (χ4v) is 2.60. The summed E-state index contributed by atoms with van der Waals surface area (Å²) in [5.74, 6) is -0.0215. The molecule has 0 saturated heterocycles. The lowest BCUT2D eigenvalue weighted by Crippen LogP contribution is -2.41. The molecule has 5 heteroatoms. The van der Waals surface area contributed by atoms with E-state index in [0.717, 1.165) is 18.1 Å². The number of halogens is 1. The number of nitrogens with two attached hydrogens (primary N) is 1. The van der Waals surface area contributed by atoms with Gasteiger partial charge in [0.15, 0.2) is 0 Å². The Morgan fingerprint density at radius 1 is 1.57 bits per heavy atom. The summed E-state index contributed by atoms with van der Waals surface area (Å²) in [6.45, 7) is 0.112. The van der Waals surface area contributed by atoms with E-state index in [4.69, 9.17) is 5.73 Å². The Labute approximate surface area is 96.0 Å². The zero-order valence-corrected chi connectivity index (χ0v) is 10.1. The number of hydrogen-bond acceptors (Lipinski definition) is 3. The molecule has 2 atom stereocenters. The third kappa shape index (κ3) is 4.53. The summed E-state index contributed by atoms with van der Waals surface area (Å²) in [6, 6.07) is 0.363. The maximum Gasteiger partial charge on any atom is 0.233 e. The molecule has 2 unspecified atom stereocenters. The van der Waals surface area contributed by atoms with Gasteiger partial charge in [0.1, 0.15) is 0 Å². The lowest BCUT2D eigenvalue weighted by Gasteiger charge is -2.28. The van der Waals surface area contributed by atoms with Crippen LogP contribution in [0.3, 0.4) is 0 Å². The first-order valence-corrected chi connectivity index (χ1v) is 6.07. The van der Waals surface area contributed by atoms with Gasteiger partial charge in [-0.3, -0.25) is 4.79 Å². The molecule has 1 fully saturated rings. The summed E-state index contributed by atoms with van der Waals surface area (Å²) in [7, 11) is 0. The molecule has 3 N–H and O–H groups in total. The van der Waals surface area contributed by atoms with Crippen LogP contribution in [0.4, 0.5) is 0 Å². The van der Waals surface area contributed by atoms with Gasteiger partial charge in [0.05, 0.1) is 6.54 Å². The molecule has 0 heterocycles. The molecular formula is C9H19ClN2OS. The fourth-order valence-electron chi connectivity index (χ4n) is 1.78. The molecule has 0 aromatic rings. The summed E-state index contributed by atoms with van der Waals surface area (Å²) in [5, 5.41) is 3.67. The Bertz CT molecular complexity index is 180. The van der Waals surface area contributed by atoms with Crippen molar-refractivity contribution in [1.29, 1.82) is 0 Å². The van der Waals surface area contributed by atoms with E-state index in [9.17, 15) is 4.79 Å². The zero-order chi connectivity index (χ0) is 9.68. The van der Waals surface area contributed by atoms with Gasteiger partial charge in [-0.2, -0.15) is 11.8 Å². The van der Waals surface area contributed by atoms with E-state index in [2.05, 4.69) is 11.6 Å². The van der Waals surface area contributed by atoms with Crippen LogP contribution >= 0.6 is 24.2 Å². The van der Waals surface area contributed by atoms with Gasteiger partial charge in [-0.1, -0.05) is 6.42 Å². The molecule has 1 aliphatic carbocycles. The fraction of sp³-hybridized carbons (Fsp3) is 0.889. The minimum absolute atomic E-state index is 0. The first-order chi connectivity index (χ1) is 6.26. The van der Waals surface area contributed by atoms with Crippen LogP contribution in [0.5, 0.6) is 0 Å². The second-order valence-corrected chi connectivity index (χ2v) is 4.63. The van der Waals surface area contributed by atoms with Crippen LogP contribution in [0.2, 0.25) is 0 Å². The summed E-state index contributed by atoms with van der Waals surface area (Å²) < 4.78 is 0. The number of carbonyl (C=O) groups excluding carboxylic acids is 1. The van der Waals surface area contributed by atoms with E-state index in [1.54, 1.807) is 0 Å². The van der Waals surface area contributed by atoms with E-state index >= 15 is 0 Å². The lowest BCUT2D eigenvalue weighted by atomic mass is 9.95. The van der Waals surface area contributed by atoms with Crippen molar-refractivity contribution in [3.8, 4) is 0 Å². The van der Waals surface area contributed by atoms with E-state index in [0.29, 0.717) is 6.04 Å². The minimum atomic E-state index is -0.0215. The monoisotopic (exact) mass is 238 g/mol. The molecule has 0 spiro atoms. The largest absolute Gasteiger partial charge is 0.352 e. The van der Waals surface area contributed by atoms with Crippen molar-refractivity contribution >= 4 is 30.1 Å². The van der Waals surface area contributed by atoms with Crippen LogP contribution in [0.25, 0.3) is 0 Å². The normalized spacial score (nSPS) is 26.4. The van der Waals surface area contributed by atoms with Gasteiger partial charge < -0.3 is 11.1 Å². The van der Waals surface area contributed by atoms with Crippen molar-refractivity contribution in [1.82, 2.24) is 5.32 Å². The molecule has 3 nitrogen and oxygen atoms in total. The van der Waals surface area contributed by atoms with Crippen molar-refractivity contribution in [3.05, 3.63) is 0 Å². The molecule has 0 radical (unpaired) electrons. The highest BCUT2D eigenvalue weighted by Crippen LogP contribution is 2.26. The lowest BCUT2D eigenvalue weighted by molar-refractivity contribution is -0.120. The van der Waals surface area contributed by atoms with Crippen LogP contribution in [-0.2, 0) is 4.79 Å². The summed E-state index contributed by atoms with van der Waals surface area (Å²) in [6.07, 6.45) is 6.87. The van der Waals surface area contributed by atoms with Gasteiger partial charge in [0.25, 0.3) is 0 Å². The standard InChI is InChI=1S/C9H18N2OS.ClH/c1-13-8-4-2-3-7(5-8)11-9(12)6-10;/h7-8H,2-6,10H2,1H3,(H,11,12);1H. The molecule has 0 aliphatic heterocycles. The van der Waals surface area contributed by atoms with Gasteiger partial charge in [-0.15, -0.1) is 12.4 Å². The molecule has 0 aromatic carbocycles. The SMILES string of the molecule is CSC1CCCC(NC(=O)CN)C1.Cl. The van der Waals surface area contributed by atoms with E-state index in [-0.39, 0.29) is 24.9 Å². The highest BCUT2D eigenvalue weighted by atomic mass is 35.5. The molecule has 14 heavy (non-hydrogen) atoms. The summed E-state index contributed by atoms with van der Waals surface area (Å²) >= 11 is 1.90. The van der Waals surface area contributed by atoms with Crippen LogP contribution < -0.4 is 11.1 Å². The van der Waals surface area contributed by atoms with Crippen LogP contribution in [0.15, 0.2) is 0 Å². The van der Waals surface area contributed by atoms with E-state index < -0.39 is 0 Å². The Balaban J connectivity index is 0.00000169. The van der Waals surface area contributed by atoms with E-state index in [1.807, 2.05) is 11.8 Å². The third-order valence-corrected chi connectivity index (χ3v) is 3.60. The Morgan fingerprint density at radius 2 is 2.29 bits per heavy atom.